The molecule has 0 aromatic carbocycles. The molecule has 1 amide bonds. The van der Waals surface area contributed by atoms with E-state index in [4.69, 9.17) is 11.6 Å². The van der Waals surface area contributed by atoms with Crippen LogP contribution in [-0.2, 0) is 0 Å². The Hall–Kier alpha value is -3.71. The molecule has 4 aromatic heterocycles. The number of carbonyl (C=O) groups excluding carboxylic acids is 1. The minimum atomic E-state index is -2.85. The van der Waals surface area contributed by atoms with Gasteiger partial charge in [0, 0.05) is 12.4 Å². The van der Waals surface area contributed by atoms with Crippen molar-refractivity contribution in [2.24, 2.45) is 0 Å². The molecule has 14 heteroatoms. The van der Waals surface area contributed by atoms with Crippen LogP contribution in [0.1, 0.15) is 30.8 Å². The predicted molar refractivity (Wildman–Crippen MR) is 122 cm³/mol. The van der Waals surface area contributed by atoms with Crippen molar-refractivity contribution in [1.29, 1.82) is 0 Å². The number of fused-ring (bicyclic) bond motifs is 1. The van der Waals surface area contributed by atoms with Gasteiger partial charge in [-0.3, -0.25) is 9.78 Å². The summed E-state index contributed by atoms with van der Waals surface area (Å²) >= 11 is 5.95. The van der Waals surface area contributed by atoms with Gasteiger partial charge >= 0.3 is 6.55 Å². The lowest BCUT2D eigenvalue weighted by Crippen LogP contribution is -2.42. The van der Waals surface area contributed by atoms with Gasteiger partial charge in [-0.25, -0.2) is 18.6 Å². The zero-order valence-electron chi connectivity index (χ0n) is 18.5. The van der Waals surface area contributed by atoms with E-state index in [-0.39, 0.29) is 16.9 Å². The second kappa shape index (κ2) is 9.50. The number of pyridine rings is 1. The Balaban J connectivity index is 1.70. The van der Waals surface area contributed by atoms with Crippen LogP contribution in [0.25, 0.3) is 16.9 Å². The summed E-state index contributed by atoms with van der Waals surface area (Å²) in [5, 5.41) is 23.2. The summed E-state index contributed by atoms with van der Waals surface area (Å²) < 4.78 is 41.9. The summed E-state index contributed by atoms with van der Waals surface area (Å²) in [4.78, 5) is 21.4. The molecule has 1 atom stereocenters. The van der Waals surface area contributed by atoms with E-state index in [1.54, 1.807) is 6.20 Å². The molecule has 0 fully saturated rings. The van der Waals surface area contributed by atoms with Gasteiger partial charge in [0.2, 0.25) is 0 Å². The van der Waals surface area contributed by atoms with E-state index in [1.165, 1.54) is 49.2 Å². The molecular formula is C21H20ClF3N8O2. The number of carbonyl (C=O) groups is 1. The third kappa shape index (κ3) is 5.35. The molecule has 4 heterocycles. The quantitative estimate of drug-likeness (QED) is 0.332. The number of amides is 1. The fourth-order valence-electron chi connectivity index (χ4n) is 3.11. The standard InChI is InChI=1S/C21H20ClF3N8O2/c1-21(2,35)17(23)8-28-19(34)14-6-26-15(13-7-30-32-9-11(22)4-27-18(13)32)3-16(14)31-12-5-29-33(10-12)20(24)25/h3-7,9-10,17,20,35H,8H2,1-2H3,(H,26,31)(H,28,34). The molecule has 4 rings (SSSR count). The van der Waals surface area contributed by atoms with Gasteiger partial charge in [0.15, 0.2) is 5.65 Å². The van der Waals surface area contributed by atoms with Crippen LogP contribution in [0.5, 0.6) is 0 Å². The lowest BCUT2D eigenvalue weighted by Gasteiger charge is -2.22. The van der Waals surface area contributed by atoms with E-state index in [2.05, 4.69) is 30.8 Å². The molecule has 184 valence electrons. The molecule has 0 saturated heterocycles. The Kier molecular flexibility index (Phi) is 6.63. The maximum Gasteiger partial charge on any atom is 0.333 e. The van der Waals surface area contributed by atoms with Crippen LogP contribution in [0, 0.1) is 0 Å². The molecule has 0 aliphatic carbocycles. The number of aliphatic hydroxyl groups is 1. The Morgan fingerprint density at radius 2 is 1.91 bits per heavy atom. The first-order chi connectivity index (χ1) is 16.5. The number of nitrogens with zero attached hydrogens (tertiary/aromatic N) is 6. The number of alkyl halides is 3. The normalized spacial score (nSPS) is 12.8. The fraction of sp³-hybridized carbons (Fsp3) is 0.286. The fourth-order valence-corrected chi connectivity index (χ4v) is 3.25. The van der Waals surface area contributed by atoms with Gasteiger partial charge in [-0.1, -0.05) is 11.6 Å². The lowest BCUT2D eigenvalue weighted by molar-refractivity contribution is -0.00177. The first kappa shape index (κ1) is 24.4. The number of rotatable bonds is 8. The number of aromatic nitrogens is 6. The number of halogens is 4. The van der Waals surface area contributed by atoms with E-state index in [0.29, 0.717) is 26.6 Å². The molecule has 35 heavy (non-hydrogen) atoms. The molecule has 0 spiro atoms. The number of nitrogens with one attached hydrogen (secondary N) is 2. The van der Waals surface area contributed by atoms with Gasteiger partial charge in [-0.05, 0) is 19.9 Å². The molecule has 4 aromatic rings. The molecule has 1 unspecified atom stereocenters. The molecule has 0 saturated carbocycles. The molecule has 0 bridgehead atoms. The van der Waals surface area contributed by atoms with Gasteiger partial charge < -0.3 is 15.7 Å². The molecule has 3 N–H and O–H groups in total. The van der Waals surface area contributed by atoms with E-state index in [9.17, 15) is 23.1 Å². The highest BCUT2D eigenvalue weighted by atomic mass is 35.5. The molecule has 0 aliphatic heterocycles. The predicted octanol–water partition coefficient (Wildman–Crippen LogP) is 3.62. The van der Waals surface area contributed by atoms with Crippen molar-refractivity contribution in [2.45, 2.75) is 32.2 Å². The van der Waals surface area contributed by atoms with Crippen molar-refractivity contribution in [1.82, 2.24) is 34.7 Å². The van der Waals surface area contributed by atoms with E-state index in [0.717, 1.165) is 6.20 Å². The van der Waals surface area contributed by atoms with Crippen molar-refractivity contribution in [3.8, 4) is 11.3 Å². The van der Waals surface area contributed by atoms with Gasteiger partial charge in [-0.15, -0.1) is 0 Å². The summed E-state index contributed by atoms with van der Waals surface area (Å²) in [5.41, 5.74) is 0.0601. The molecular weight excluding hydrogens is 489 g/mol. The van der Waals surface area contributed by atoms with Crippen molar-refractivity contribution < 1.29 is 23.1 Å². The zero-order valence-corrected chi connectivity index (χ0v) is 19.2. The monoisotopic (exact) mass is 508 g/mol. The first-order valence-corrected chi connectivity index (χ1v) is 10.6. The van der Waals surface area contributed by atoms with Crippen LogP contribution in [-0.4, -0.2) is 58.7 Å². The second-order valence-electron chi connectivity index (χ2n) is 8.16. The van der Waals surface area contributed by atoms with E-state index >= 15 is 0 Å². The Morgan fingerprint density at radius 3 is 2.60 bits per heavy atom. The second-order valence-corrected chi connectivity index (χ2v) is 8.59. The molecule has 10 nitrogen and oxygen atoms in total. The average molecular weight is 509 g/mol. The van der Waals surface area contributed by atoms with Gasteiger partial charge in [0.1, 0.15) is 6.17 Å². The summed E-state index contributed by atoms with van der Waals surface area (Å²) in [7, 11) is 0. The van der Waals surface area contributed by atoms with Crippen LogP contribution >= 0.6 is 11.6 Å². The Bertz CT molecular complexity index is 1370. The molecule has 0 aliphatic rings. The van der Waals surface area contributed by atoms with Gasteiger partial charge in [0.05, 0.1) is 70.2 Å². The van der Waals surface area contributed by atoms with Crippen molar-refractivity contribution >= 4 is 34.5 Å². The summed E-state index contributed by atoms with van der Waals surface area (Å²) in [5.74, 6) is -0.690. The van der Waals surface area contributed by atoms with Crippen molar-refractivity contribution in [2.75, 3.05) is 11.9 Å². The highest BCUT2D eigenvalue weighted by molar-refractivity contribution is 6.30. The average Bonchev–Trinajstić information content (AvgIpc) is 3.43. The summed E-state index contributed by atoms with van der Waals surface area (Å²) in [6.45, 7) is -0.733. The Morgan fingerprint density at radius 1 is 1.14 bits per heavy atom. The molecule has 0 radical (unpaired) electrons. The van der Waals surface area contributed by atoms with Crippen LogP contribution in [0.2, 0.25) is 5.02 Å². The lowest BCUT2D eigenvalue weighted by atomic mass is 10.0. The SMILES string of the molecule is CC(C)(O)C(F)CNC(=O)c1cnc(-c2cnn3cc(Cl)cnc23)cc1Nc1cnn(C(F)F)c1. The minimum Gasteiger partial charge on any atom is -0.387 e. The van der Waals surface area contributed by atoms with Crippen LogP contribution in [0.15, 0.2) is 43.2 Å². The number of hydrogen-bond donors (Lipinski definition) is 3. The maximum absolute atomic E-state index is 14.1. The zero-order chi connectivity index (χ0) is 25.3. The summed E-state index contributed by atoms with van der Waals surface area (Å²) in [6.07, 6.45) is 6.27. The highest BCUT2D eigenvalue weighted by Gasteiger charge is 2.27. The Labute approximate surface area is 201 Å². The highest BCUT2D eigenvalue weighted by Crippen LogP contribution is 2.29. The van der Waals surface area contributed by atoms with Gasteiger partial charge in [0.25, 0.3) is 5.91 Å². The number of anilines is 2. The van der Waals surface area contributed by atoms with E-state index < -0.39 is 30.8 Å². The minimum absolute atomic E-state index is 0.00831. The van der Waals surface area contributed by atoms with Crippen LogP contribution < -0.4 is 10.6 Å². The van der Waals surface area contributed by atoms with Crippen LogP contribution in [0.3, 0.4) is 0 Å². The van der Waals surface area contributed by atoms with Crippen molar-refractivity contribution in [3.63, 3.8) is 0 Å². The third-order valence-corrected chi connectivity index (χ3v) is 5.23. The first-order valence-electron chi connectivity index (χ1n) is 10.3. The van der Waals surface area contributed by atoms with Crippen molar-refractivity contribution in [3.05, 3.63) is 53.8 Å². The van der Waals surface area contributed by atoms with E-state index in [1.807, 2.05) is 0 Å². The smallest absolute Gasteiger partial charge is 0.333 e. The van der Waals surface area contributed by atoms with Crippen LogP contribution in [0.4, 0.5) is 24.5 Å². The largest absolute Gasteiger partial charge is 0.387 e. The topological polar surface area (TPSA) is 122 Å². The number of hydrogen-bond acceptors (Lipinski definition) is 7. The van der Waals surface area contributed by atoms with Gasteiger partial charge in [-0.2, -0.15) is 19.0 Å². The summed E-state index contributed by atoms with van der Waals surface area (Å²) in [6, 6.07) is 1.50. The maximum atomic E-state index is 14.1. The third-order valence-electron chi connectivity index (χ3n) is 5.04.